The first kappa shape index (κ1) is 16.4. The van der Waals surface area contributed by atoms with Gasteiger partial charge in [0.05, 0.1) is 6.10 Å². The summed E-state index contributed by atoms with van der Waals surface area (Å²) in [6.45, 7) is 1.74. The van der Waals surface area contributed by atoms with Crippen molar-refractivity contribution in [2.24, 2.45) is 0 Å². The summed E-state index contributed by atoms with van der Waals surface area (Å²) in [5, 5.41) is 11.6. The van der Waals surface area contributed by atoms with Crippen molar-refractivity contribution >= 4 is 23.8 Å². The Balaban J connectivity index is 1.67. The van der Waals surface area contributed by atoms with Gasteiger partial charge < -0.3 is 20.1 Å². The van der Waals surface area contributed by atoms with Crippen LogP contribution >= 0.6 is 11.8 Å². The number of urea groups is 1. The number of hydrogen-bond acceptors (Lipinski definition) is 4. The third-order valence-electron chi connectivity index (χ3n) is 4.43. The first-order valence-corrected chi connectivity index (χ1v) is 8.68. The highest BCUT2D eigenvalue weighted by atomic mass is 32.2. The lowest BCUT2D eigenvalue weighted by molar-refractivity contribution is -0.145. The van der Waals surface area contributed by atoms with Gasteiger partial charge in [-0.25, -0.2) is 9.59 Å². The van der Waals surface area contributed by atoms with Crippen molar-refractivity contribution in [1.29, 1.82) is 0 Å². The monoisotopic (exact) mass is 316 g/mol. The molecule has 2 rings (SSSR count). The minimum Gasteiger partial charge on any atom is -0.480 e. The van der Waals surface area contributed by atoms with Crippen molar-refractivity contribution in [3.8, 4) is 0 Å². The topological polar surface area (TPSA) is 78.9 Å². The van der Waals surface area contributed by atoms with E-state index < -0.39 is 5.97 Å². The van der Waals surface area contributed by atoms with Crippen LogP contribution in [0.15, 0.2) is 0 Å². The SMILES string of the molecule is CSC1(CNC(=O)N2CCC(OCC(=O)O)CC2)CCC1. The number of hydrogen-bond donors (Lipinski definition) is 2. The molecule has 21 heavy (non-hydrogen) atoms. The van der Waals surface area contributed by atoms with Gasteiger partial charge in [0.2, 0.25) is 0 Å². The fourth-order valence-electron chi connectivity index (χ4n) is 2.79. The van der Waals surface area contributed by atoms with Gasteiger partial charge in [-0.05, 0) is 31.9 Å². The second-order valence-electron chi connectivity index (χ2n) is 5.79. The molecule has 2 amide bonds. The molecule has 1 saturated carbocycles. The largest absolute Gasteiger partial charge is 0.480 e. The van der Waals surface area contributed by atoms with Crippen molar-refractivity contribution in [2.75, 3.05) is 32.5 Å². The molecule has 0 aromatic heterocycles. The Morgan fingerprint density at radius 3 is 2.52 bits per heavy atom. The molecule has 0 unspecified atom stereocenters. The number of rotatable bonds is 6. The summed E-state index contributed by atoms with van der Waals surface area (Å²) >= 11 is 1.85. The molecule has 0 aromatic rings. The van der Waals surface area contributed by atoms with E-state index in [2.05, 4.69) is 11.6 Å². The van der Waals surface area contributed by atoms with Gasteiger partial charge in [0.25, 0.3) is 0 Å². The van der Waals surface area contributed by atoms with Crippen LogP contribution in [-0.4, -0.2) is 65.4 Å². The molecular formula is C14H24N2O4S. The summed E-state index contributed by atoms with van der Waals surface area (Å²) in [5.74, 6) is -0.946. The summed E-state index contributed by atoms with van der Waals surface area (Å²) in [4.78, 5) is 24.4. The van der Waals surface area contributed by atoms with E-state index in [1.54, 1.807) is 4.90 Å². The maximum absolute atomic E-state index is 12.1. The molecule has 1 aliphatic carbocycles. The average molecular weight is 316 g/mol. The Morgan fingerprint density at radius 1 is 1.38 bits per heavy atom. The van der Waals surface area contributed by atoms with Crippen LogP contribution < -0.4 is 5.32 Å². The predicted octanol–water partition coefficient (Wildman–Crippen LogP) is 1.55. The molecule has 7 heteroatoms. The fourth-order valence-corrected chi connectivity index (χ4v) is 3.70. The number of carboxylic acid groups (broad SMARTS) is 1. The smallest absolute Gasteiger partial charge is 0.329 e. The first-order valence-electron chi connectivity index (χ1n) is 7.46. The number of aliphatic carboxylic acids is 1. The van der Waals surface area contributed by atoms with Crippen molar-refractivity contribution in [3.63, 3.8) is 0 Å². The summed E-state index contributed by atoms with van der Waals surface area (Å²) in [7, 11) is 0. The second kappa shape index (κ2) is 7.35. The summed E-state index contributed by atoms with van der Waals surface area (Å²) < 4.78 is 5.52. The summed E-state index contributed by atoms with van der Waals surface area (Å²) in [5.41, 5.74) is 0. The Kier molecular flexibility index (Phi) is 5.75. The number of likely N-dealkylation sites (tertiary alicyclic amines) is 1. The molecule has 2 aliphatic rings. The van der Waals surface area contributed by atoms with E-state index in [1.807, 2.05) is 11.8 Å². The van der Waals surface area contributed by atoms with Gasteiger partial charge in [-0.15, -0.1) is 0 Å². The maximum atomic E-state index is 12.1. The Bertz CT molecular complexity index is 374. The molecule has 0 aromatic carbocycles. The molecule has 2 fully saturated rings. The van der Waals surface area contributed by atoms with Crippen molar-refractivity contribution in [1.82, 2.24) is 10.2 Å². The number of ether oxygens (including phenoxy) is 1. The molecule has 1 heterocycles. The average Bonchev–Trinajstić information content (AvgIpc) is 2.44. The number of piperidine rings is 1. The summed E-state index contributed by atoms with van der Waals surface area (Å²) in [6.07, 6.45) is 7.08. The van der Waals surface area contributed by atoms with Gasteiger partial charge in [-0.2, -0.15) is 11.8 Å². The zero-order chi connectivity index (χ0) is 15.3. The number of carbonyl (C=O) groups is 2. The van der Waals surface area contributed by atoms with E-state index in [-0.39, 0.29) is 23.5 Å². The molecule has 6 nitrogen and oxygen atoms in total. The van der Waals surface area contributed by atoms with Gasteiger partial charge in [-0.3, -0.25) is 0 Å². The molecular weight excluding hydrogens is 292 g/mol. The van der Waals surface area contributed by atoms with Crippen LogP contribution in [0, 0.1) is 0 Å². The molecule has 1 saturated heterocycles. The lowest BCUT2D eigenvalue weighted by Gasteiger charge is -2.41. The van der Waals surface area contributed by atoms with Gasteiger partial charge in [-0.1, -0.05) is 6.42 Å². The highest BCUT2D eigenvalue weighted by molar-refractivity contribution is 8.00. The van der Waals surface area contributed by atoms with Gasteiger partial charge in [0.1, 0.15) is 6.61 Å². The second-order valence-corrected chi connectivity index (χ2v) is 7.06. The summed E-state index contributed by atoms with van der Waals surface area (Å²) in [6, 6.07) is -0.00740. The molecule has 120 valence electrons. The number of nitrogens with zero attached hydrogens (tertiary/aromatic N) is 1. The van der Waals surface area contributed by atoms with E-state index in [4.69, 9.17) is 9.84 Å². The fraction of sp³-hybridized carbons (Fsp3) is 0.857. The van der Waals surface area contributed by atoms with Crippen LogP contribution in [0.3, 0.4) is 0 Å². The van der Waals surface area contributed by atoms with Crippen molar-refractivity contribution < 1.29 is 19.4 Å². The lowest BCUT2D eigenvalue weighted by Crippen LogP contribution is -2.51. The van der Waals surface area contributed by atoms with E-state index in [0.29, 0.717) is 25.9 Å². The van der Waals surface area contributed by atoms with Gasteiger partial charge in [0, 0.05) is 24.4 Å². The van der Waals surface area contributed by atoms with Crippen molar-refractivity contribution in [3.05, 3.63) is 0 Å². The van der Waals surface area contributed by atoms with Crippen LogP contribution in [0.4, 0.5) is 4.79 Å². The number of amides is 2. The van der Waals surface area contributed by atoms with Crippen LogP contribution in [0.25, 0.3) is 0 Å². The van der Waals surface area contributed by atoms with E-state index in [9.17, 15) is 9.59 Å². The normalized spacial score (nSPS) is 21.7. The number of nitrogens with one attached hydrogen (secondary N) is 1. The predicted molar refractivity (Wildman–Crippen MR) is 81.7 cm³/mol. The quantitative estimate of drug-likeness (QED) is 0.777. The van der Waals surface area contributed by atoms with Crippen molar-refractivity contribution in [2.45, 2.75) is 43.0 Å². The van der Waals surface area contributed by atoms with E-state index >= 15 is 0 Å². The third kappa shape index (κ3) is 4.51. The van der Waals surface area contributed by atoms with E-state index in [1.165, 1.54) is 19.3 Å². The highest BCUT2D eigenvalue weighted by Gasteiger charge is 2.36. The van der Waals surface area contributed by atoms with Crippen LogP contribution in [0.1, 0.15) is 32.1 Å². The van der Waals surface area contributed by atoms with Crippen LogP contribution in [0.2, 0.25) is 0 Å². The molecule has 2 N–H and O–H groups in total. The Labute approximate surface area is 129 Å². The maximum Gasteiger partial charge on any atom is 0.329 e. The Morgan fingerprint density at radius 2 is 2.05 bits per heavy atom. The number of thioether (sulfide) groups is 1. The zero-order valence-electron chi connectivity index (χ0n) is 12.5. The minimum atomic E-state index is -0.946. The number of carboxylic acids is 1. The van der Waals surface area contributed by atoms with Gasteiger partial charge in [0.15, 0.2) is 0 Å². The first-order chi connectivity index (χ1) is 10.0. The third-order valence-corrected chi connectivity index (χ3v) is 5.85. The molecule has 1 aliphatic heterocycles. The molecule has 0 spiro atoms. The highest BCUT2D eigenvalue weighted by Crippen LogP contribution is 2.42. The molecule has 0 radical (unpaired) electrons. The van der Waals surface area contributed by atoms with Crippen LogP contribution in [-0.2, 0) is 9.53 Å². The molecule has 0 atom stereocenters. The standard InChI is InChI=1S/C14H24N2O4S/c1-21-14(5-2-6-14)10-15-13(19)16-7-3-11(4-8-16)20-9-12(17)18/h11H,2-10H2,1H3,(H,15,19)(H,17,18). The zero-order valence-corrected chi connectivity index (χ0v) is 13.3. The molecule has 0 bridgehead atoms. The van der Waals surface area contributed by atoms with Gasteiger partial charge >= 0.3 is 12.0 Å². The van der Waals surface area contributed by atoms with Crippen LogP contribution in [0.5, 0.6) is 0 Å². The lowest BCUT2D eigenvalue weighted by atomic mass is 9.84. The Hall–Kier alpha value is -0.950. The van der Waals surface area contributed by atoms with E-state index in [0.717, 1.165) is 6.54 Å². The number of carbonyl (C=O) groups excluding carboxylic acids is 1. The minimum absolute atomic E-state index is 0.00740.